The smallest absolute Gasteiger partial charge is 0.0406 e. The van der Waals surface area contributed by atoms with Crippen molar-refractivity contribution in [3.8, 4) is 0 Å². The predicted octanol–water partition coefficient (Wildman–Crippen LogP) is 5.16. The van der Waals surface area contributed by atoms with Gasteiger partial charge in [0.2, 0.25) is 0 Å². The van der Waals surface area contributed by atoms with Crippen LogP contribution in [0.4, 0.5) is 0 Å². The minimum Gasteiger partial charge on any atom is -0.289 e. The quantitative estimate of drug-likeness (QED) is 0.757. The van der Waals surface area contributed by atoms with Gasteiger partial charge in [-0.2, -0.15) is 0 Å². The molecule has 0 amide bonds. The summed E-state index contributed by atoms with van der Waals surface area (Å²) in [5, 5.41) is 0.814. The van der Waals surface area contributed by atoms with E-state index < -0.39 is 0 Å². The molecule has 2 atom stereocenters. The van der Waals surface area contributed by atoms with Crippen LogP contribution in [-0.2, 0) is 6.54 Å². The Morgan fingerprint density at radius 2 is 1.73 bits per heavy atom. The Bertz CT molecular complexity index is 675. The SMILES string of the molecule is Clc1ccc(C2=CC3CCC(C2)N3Cc2ccccc2)cc1. The van der Waals surface area contributed by atoms with Gasteiger partial charge in [0.15, 0.2) is 0 Å². The summed E-state index contributed by atoms with van der Waals surface area (Å²) in [6, 6.07) is 20.4. The van der Waals surface area contributed by atoms with Crippen molar-refractivity contribution >= 4 is 17.2 Å². The summed E-state index contributed by atoms with van der Waals surface area (Å²) in [6.07, 6.45) is 6.24. The van der Waals surface area contributed by atoms with Crippen LogP contribution in [-0.4, -0.2) is 17.0 Å². The molecule has 2 unspecified atom stereocenters. The highest BCUT2D eigenvalue weighted by Gasteiger charge is 2.36. The van der Waals surface area contributed by atoms with Gasteiger partial charge in [0.05, 0.1) is 0 Å². The minimum atomic E-state index is 0.588. The molecule has 0 aromatic heterocycles. The second-order valence-corrected chi connectivity index (χ2v) is 6.80. The second-order valence-electron chi connectivity index (χ2n) is 6.36. The van der Waals surface area contributed by atoms with Crippen LogP contribution in [0, 0.1) is 0 Å². The number of hydrogen-bond donors (Lipinski definition) is 0. The molecule has 2 aromatic carbocycles. The Morgan fingerprint density at radius 3 is 2.45 bits per heavy atom. The molecule has 1 fully saturated rings. The van der Waals surface area contributed by atoms with Gasteiger partial charge in [-0.3, -0.25) is 4.90 Å². The molecule has 1 saturated heterocycles. The maximum atomic E-state index is 6.01. The van der Waals surface area contributed by atoms with Crippen LogP contribution in [0.2, 0.25) is 5.02 Å². The first kappa shape index (κ1) is 14.0. The molecule has 1 nitrogen and oxygen atoms in total. The molecule has 0 spiro atoms. The predicted molar refractivity (Wildman–Crippen MR) is 92.8 cm³/mol. The maximum Gasteiger partial charge on any atom is 0.0406 e. The third-order valence-electron chi connectivity index (χ3n) is 4.96. The first-order valence-electron chi connectivity index (χ1n) is 8.06. The van der Waals surface area contributed by atoms with Gasteiger partial charge in [0, 0.05) is 23.7 Å². The normalized spacial score (nSPS) is 24.3. The molecule has 2 aliphatic heterocycles. The van der Waals surface area contributed by atoms with Gasteiger partial charge < -0.3 is 0 Å². The number of hydrogen-bond acceptors (Lipinski definition) is 1. The number of benzene rings is 2. The summed E-state index contributed by atoms with van der Waals surface area (Å²) < 4.78 is 0. The van der Waals surface area contributed by atoms with Crippen LogP contribution < -0.4 is 0 Å². The summed E-state index contributed by atoms with van der Waals surface area (Å²) >= 11 is 6.01. The van der Waals surface area contributed by atoms with Crippen molar-refractivity contribution in [1.29, 1.82) is 0 Å². The highest BCUT2D eigenvalue weighted by atomic mass is 35.5. The molecular weight excluding hydrogens is 290 g/mol. The fourth-order valence-electron chi connectivity index (χ4n) is 3.84. The molecular formula is C20H20ClN. The molecule has 4 rings (SSSR count). The first-order valence-corrected chi connectivity index (χ1v) is 8.44. The van der Waals surface area contributed by atoms with Gasteiger partial charge in [0.25, 0.3) is 0 Å². The van der Waals surface area contributed by atoms with Crippen molar-refractivity contribution < 1.29 is 0 Å². The molecule has 2 heteroatoms. The molecule has 0 aliphatic carbocycles. The van der Waals surface area contributed by atoms with E-state index >= 15 is 0 Å². The van der Waals surface area contributed by atoms with Gasteiger partial charge in [-0.1, -0.05) is 60.1 Å². The highest BCUT2D eigenvalue weighted by molar-refractivity contribution is 6.30. The standard InChI is InChI=1S/C20H20ClN/c21-18-8-6-16(7-9-18)17-12-19-10-11-20(13-17)22(19)14-15-4-2-1-3-5-15/h1-9,12,19-20H,10-11,13-14H2. The molecule has 2 aromatic rings. The van der Waals surface area contributed by atoms with E-state index in [1.54, 1.807) is 0 Å². The fraction of sp³-hybridized carbons (Fsp3) is 0.300. The van der Waals surface area contributed by atoms with E-state index in [0.717, 1.165) is 18.0 Å². The number of nitrogens with zero attached hydrogens (tertiary/aromatic N) is 1. The average Bonchev–Trinajstić information content (AvgIpc) is 2.79. The number of fused-ring (bicyclic) bond motifs is 2. The fourth-order valence-corrected chi connectivity index (χ4v) is 3.96. The Kier molecular flexibility index (Phi) is 3.77. The van der Waals surface area contributed by atoms with Crippen LogP contribution in [0.3, 0.4) is 0 Å². The summed E-state index contributed by atoms with van der Waals surface area (Å²) in [4.78, 5) is 2.68. The van der Waals surface area contributed by atoms with E-state index in [-0.39, 0.29) is 0 Å². The van der Waals surface area contributed by atoms with E-state index in [1.807, 2.05) is 12.1 Å². The molecule has 0 N–H and O–H groups in total. The largest absolute Gasteiger partial charge is 0.289 e. The summed E-state index contributed by atoms with van der Waals surface area (Å²) in [6.45, 7) is 1.07. The van der Waals surface area contributed by atoms with Gasteiger partial charge in [-0.15, -0.1) is 0 Å². The summed E-state index contributed by atoms with van der Waals surface area (Å²) in [5.74, 6) is 0. The van der Waals surface area contributed by atoms with E-state index in [2.05, 4.69) is 53.4 Å². The van der Waals surface area contributed by atoms with Crippen LogP contribution in [0.1, 0.15) is 30.4 Å². The molecule has 112 valence electrons. The van der Waals surface area contributed by atoms with Crippen molar-refractivity contribution in [1.82, 2.24) is 4.90 Å². The van der Waals surface area contributed by atoms with Crippen LogP contribution in [0.15, 0.2) is 60.7 Å². The molecule has 2 bridgehead atoms. The van der Waals surface area contributed by atoms with E-state index in [0.29, 0.717) is 12.1 Å². The third-order valence-corrected chi connectivity index (χ3v) is 5.21. The zero-order valence-electron chi connectivity index (χ0n) is 12.6. The van der Waals surface area contributed by atoms with Crippen LogP contribution >= 0.6 is 11.6 Å². The lowest BCUT2D eigenvalue weighted by Crippen LogP contribution is -2.37. The molecule has 2 aliphatic rings. The molecule has 0 radical (unpaired) electrons. The molecule has 2 heterocycles. The van der Waals surface area contributed by atoms with Gasteiger partial charge in [-0.25, -0.2) is 0 Å². The van der Waals surface area contributed by atoms with Gasteiger partial charge >= 0.3 is 0 Å². The van der Waals surface area contributed by atoms with Crippen molar-refractivity contribution in [3.63, 3.8) is 0 Å². The van der Waals surface area contributed by atoms with E-state index in [4.69, 9.17) is 11.6 Å². The minimum absolute atomic E-state index is 0.588. The molecule has 22 heavy (non-hydrogen) atoms. The van der Waals surface area contributed by atoms with Gasteiger partial charge in [0.1, 0.15) is 0 Å². The first-order chi connectivity index (χ1) is 10.8. The zero-order chi connectivity index (χ0) is 14.9. The summed E-state index contributed by atoms with van der Waals surface area (Å²) in [7, 11) is 0. The van der Waals surface area contributed by atoms with Crippen molar-refractivity contribution in [3.05, 3.63) is 76.8 Å². The summed E-state index contributed by atoms with van der Waals surface area (Å²) in [5.41, 5.74) is 4.25. The highest BCUT2D eigenvalue weighted by Crippen LogP contribution is 2.39. The lowest BCUT2D eigenvalue weighted by atomic mass is 9.94. The maximum absolute atomic E-state index is 6.01. The Labute approximate surface area is 137 Å². The Hall–Kier alpha value is -1.57. The van der Waals surface area contributed by atoms with Crippen molar-refractivity contribution in [2.45, 2.75) is 37.9 Å². The van der Waals surface area contributed by atoms with Crippen LogP contribution in [0.25, 0.3) is 5.57 Å². The van der Waals surface area contributed by atoms with Gasteiger partial charge in [-0.05, 0) is 48.1 Å². The Balaban J connectivity index is 1.56. The second kappa shape index (κ2) is 5.91. The number of rotatable bonds is 3. The molecule has 0 saturated carbocycles. The lowest BCUT2D eigenvalue weighted by molar-refractivity contribution is 0.203. The number of halogens is 1. The lowest BCUT2D eigenvalue weighted by Gasteiger charge is -2.34. The van der Waals surface area contributed by atoms with Crippen molar-refractivity contribution in [2.75, 3.05) is 0 Å². The topological polar surface area (TPSA) is 3.24 Å². The van der Waals surface area contributed by atoms with Crippen LogP contribution in [0.5, 0.6) is 0 Å². The van der Waals surface area contributed by atoms with E-state index in [9.17, 15) is 0 Å². The Morgan fingerprint density at radius 1 is 0.955 bits per heavy atom. The third kappa shape index (κ3) is 2.71. The van der Waals surface area contributed by atoms with Crippen molar-refractivity contribution in [2.24, 2.45) is 0 Å². The average molecular weight is 310 g/mol. The van der Waals surface area contributed by atoms with E-state index in [1.165, 1.54) is 29.5 Å². The monoisotopic (exact) mass is 309 g/mol. The zero-order valence-corrected chi connectivity index (χ0v) is 13.3.